The van der Waals surface area contributed by atoms with Crippen LogP contribution in [0, 0.1) is 12.8 Å². The van der Waals surface area contributed by atoms with Crippen molar-refractivity contribution in [2.45, 2.75) is 26.3 Å². The molecule has 3 N–H and O–H groups in total. The molecule has 3 rings (SSSR count). The Hall–Kier alpha value is -1.63. The molecule has 1 aromatic heterocycles. The second-order valence-electron chi connectivity index (χ2n) is 5.97. The lowest BCUT2D eigenvalue weighted by molar-refractivity contribution is 0.0743. The number of aromatic nitrogens is 3. The second kappa shape index (κ2) is 8.46. The highest BCUT2D eigenvalue weighted by atomic mass is 35.5. The second-order valence-corrected chi connectivity index (χ2v) is 5.97. The van der Waals surface area contributed by atoms with Crippen LogP contribution in [-0.4, -0.2) is 45.1 Å². The fraction of sp³-hybridized carbons (Fsp3) is 0.438. The van der Waals surface area contributed by atoms with Gasteiger partial charge >= 0.3 is 0 Å². The molecule has 0 radical (unpaired) electrons. The summed E-state index contributed by atoms with van der Waals surface area (Å²) in [7, 11) is 0. The van der Waals surface area contributed by atoms with E-state index in [-0.39, 0.29) is 36.8 Å². The molecule has 1 aliphatic heterocycles. The molecular formula is C16H23Cl2N5O. The van der Waals surface area contributed by atoms with Crippen molar-refractivity contribution in [3.8, 4) is 11.4 Å². The average molecular weight is 372 g/mol. The lowest BCUT2D eigenvalue weighted by Gasteiger charge is -2.21. The first-order valence-corrected chi connectivity index (χ1v) is 7.59. The van der Waals surface area contributed by atoms with Crippen molar-refractivity contribution in [1.29, 1.82) is 0 Å². The standard InChI is InChI=1S/C16H21N5O.2ClH/c1-10-6-12(8-17)9-21(10)16(22)14-5-3-4-13(7-14)15-18-11(2)19-20-15;;/h3-5,7,10,12H,6,8-9,17H2,1-2H3,(H,18,19,20);2*1H. The number of hydrogen-bond donors (Lipinski definition) is 2. The van der Waals surface area contributed by atoms with Crippen LogP contribution in [0.15, 0.2) is 24.3 Å². The quantitative estimate of drug-likeness (QED) is 0.866. The van der Waals surface area contributed by atoms with E-state index in [1.165, 1.54) is 0 Å². The summed E-state index contributed by atoms with van der Waals surface area (Å²) in [6, 6.07) is 7.71. The number of aryl methyl sites for hydroxylation is 1. The van der Waals surface area contributed by atoms with Crippen LogP contribution in [0.25, 0.3) is 11.4 Å². The van der Waals surface area contributed by atoms with Crippen LogP contribution >= 0.6 is 24.8 Å². The molecule has 1 saturated heterocycles. The summed E-state index contributed by atoms with van der Waals surface area (Å²) in [6.07, 6.45) is 0.974. The molecule has 2 unspecified atom stereocenters. The molecule has 0 spiro atoms. The van der Waals surface area contributed by atoms with E-state index in [9.17, 15) is 4.79 Å². The largest absolute Gasteiger partial charge is 0.336 e. The normalized spacial score (nSPS) is 19.5. The monoisotopic (exact) mass is 371 g/mol. The zero-order valence-corrected chi connectivity index (χ0v) is 15.4. The van der Waals surface area contributed by atoms with Crippen molar-refractivity contribution in [2.24, 2.45) is 11.7 Å². The van der Waals surface area contributed by atoms with Gasteiger partial charge in [0.25, 0.3) is 5.91 Å². The number of halogens is 2. The SMILES string of the molecule is Cc1nc(-c2cccc(C(=O)N3CC(CN)CC3C)c2)n[nH]1.Cl.Cl. The maximum absolute atomic E-state index is 12.7. The van der Waals surface area contributed by atoms with Gasteiger partial charge in [-0.3, -0.25) is 9.89 Å². The van der Waals surface area contributed by atoms with Crippen molar-refractivity contribution in [3.05, 3.63) is 35.7 Å². The number of carbonyl (C=O) groups is 1. The maximum atomic E-state index is 12.7. The van der Waals surface area contributed by atoms with E-state index in [2.05, 4.69) is 22.1 Å². The van der Waals surface area contributed by atoms with Crippen LogP contribution in [0.4, 0.5) is 0 Å². The fourth-order valence-electron chi connectivity index (χ4n) is 3.03. The molecule has 8 heteroatoms. The van der Waals surface area contributed by atoms with Gasteiger partial charge in [-0.05, 0) is 44.9 Å². The number of nitrogens with one attached hydrogen (secondary N) is 1. The first-order chi connectivity index (χ1) is 10.6. The predicted octanol–water partition coefficient (Wildman–Crippen LogP) is 2.43. The van der Waals surface area contributed by atoms with Crippen LogP contribution < -0.4 is 5.73 Å². The summed E-state index contributed by atoms with van der Waals surface area (Å²) < 4.78 is 0. The summed E-state index contributed by atoms with van der Waals surface area (Å²) in [6.45, 7) is 5.30. The van der Waals surface area contributed by atoms with Crippen molar-refractivity contribution < 1.29 is 4.79 Å². The number of amides is 1. The van der Waals surface area contributed by atoms with E-state index in [0.29, 0.717) is 23.9 Å². The summed E-state index contributed by atoms with van der Waals surface area (Å²) in [5.74, 6) is 1.82. The van der Waals surface area contributed by atoms with Gasteiger partial charge in [-0.2, -0.15) is 5.10 Å². The average Bonchev–Trinajstić information content (AvgIpc) is 3.12. The highest BCUT2D eigenvalue weighted by molar-refractivity contribution is 5.95. The van der Waals surface area contributed by atoms with E-state index in [1.807, 2.05) is 36.1 Å². The molecule has 6 nitrogen and oxygen atoms in total. The third-order valence-electron chi connectivity index (χ3n) is 4.22. The number of hydrogen-bond acceptors (Lipinski definition) is 4. The summed E-state index contributed by atoms with van der Waals surface area (Å²) in [5.41, 5.74) is 7.26. The highest BCUT2D eigenvalue weighted by Crippen LogP contribution is 2.25. The number of likely N-dealkylation sites (tertiary alicyclic amines) is 1. The summed E-state index contributed by atoms with van der Waals surface area (Å²) >= 11 is 0. The van der Waals surface area contributed by atoms with Crippen molar-refractivity contribution in [3.63, 3.8) is 0 Å². The number of rotatable bonds is 3. The highest BCUT2D eigenvalue weighted by Gasteiger charge is 2.32. The van der Waals surface area contributed by atoms with Gasteiger partial charge in [0.1, 0.15) is 5.82 Å². The number of aromatic amines is 1. The Bertz CT molecular complexity index is 691. The van der Waals surface area contributed by atoms with Gasteiger partial charge in [0, 0.05) is 23.7 Å². The van der Waals surface area contributed by atoms with Crippen LogP contribution in [0.3, 0.4) is 0 Å². The minimum Gasteiger partial charge on any atom is -0.336 e. The molecule has 2 aromatic rings. The van der Waals surface area contributed by atoms with E-state index in [1.54, 1.807) is 0 Å². The minimum atomic E-state index is 0. The molecule has 1 fully saturated rings. The Morgan fingerprint density at radius 2 is 2.17 bits per heavy atom. The Morgan fingerprint density at radius 1 is 1.42 bits per heavy atom. The topological polar surface area (TPSA) is 87.9 Å². The Balaban J connectivity index is 0.00000144. The molecule has 2 atom stereocenters. The van der Waals surface area contributed by atoms with Crippen molar-refractivity contribution >= 4 is 30.7 Å². The molecule has 132 valence electrons. The van der Waals surface area contributed by atoms with Gasteiger partial charge in [-0.25, -0.2) is 4.98 Å². The lowest BCUT2D eigenvalue weighted by Crippen LogP contribution is -2.34. The van der Waals surface area contributed by atoms with Gasteiger partial charge in [0.2, 0.25) is 0 Å². The molecule has 1 amide bonds. The van der Waals surface area contributed by atoms with E-state index in [4.69, 9.17) is 5.73 Å². The summed E-state index contributed by atoms with van der Waals surface area (Å²) in [4.78, 5) is 19.0. The molecule has 24 heavy (non-hydrogen) atoms. The molecule has 0 saturated carbocycles. The van der Waals surface area contributed by atoms with Gasteiger partial charge < -0.3 is 10.6 Å². The van der Waals surface area contributed by atoms with Gasteiger partial charge in [-0.15, -0.1) is 24.8 Å². The first kappa shape index (κ1) is 20.4. The van der Waals surface area contributed by atoms with Gasteiger partial charge in [-0.1, -0.05) is 12.1 Å². The Morgan fingerprint density at radius 3 is 2.75 bits per heavy atom. The number of H-pyrrole nitrogens is 1. The molecule has 2 heterocycles. The lowest BCUT2D eigenvalue weighted by atomic mass is 10.1. The van der Waals surface area contributed by atoms with E-state index in [0.717, 1.165) is 24.4 Å². The smallest absolute Gasteiger partial charge is 0.254 e. The first-order valence-electron chi connectivity index (χ1n) is 7.59. The number of nitrogens with two attached hydrogens (primary N) is 1. The Labute approximate surface area is 154 Å². The van der Waals surface area contributed by atoms with Crippen LogP contribution in [0.2, 0.25) is 0 Å². The number of benzene rings is 1. The minimum absolute atomic E-state index is 0. The number of nitrogens with zero attached hydrogens (tertiary/aromatic N) is 3. The van der Waals surface area contributed by atoms with E-state index >= 15 is 0 Å². The Kier molecular flexibility index (Phi) is 7.20. The zero-order chi connectivity index (χ0) is 15.7. The van der Waals surface area contributed by atoms with Gasteiger partial charge in [0.15, 0.2) is 5.82 Å². The summed E-state index contributed by atoms with van der Waals surface area (Å²) in [5, 5.41) is 6.97. The van der Waals surface area contributed by atoms with Crippen LogP contribution in [0.5, 0.6) is 0 Å². The molecular weight excluding hydrogens is 349 g/mol. The molecule has 1 aromatic carbocycles. The van der Waals surface area contributed by atoms with Gasteiger partial charge in [0.05, 0.1) is 0 Å². The molecule has 0 aliphatic carbocycles. The van der Waals surface area contributed by atoms with Crippen LogP contribution in [0.1, 0.15) is 29.5 Å². The third-order valence-corrected chi connectivity index (χ3v) is 4.22. The predicted molar refractivity (Wildman–Crippen MR) is 98.7 cm³/mol. The third kappa shape index (κ3) is 4.06. The molecule has 1 aliphatic rings. The van der Waals surface area contributed by atoms with Crippen LogP contribution in [-0.2, 0) is 0 Å². The van der Waals surface area contributed by atoms with Crippen molar-refractivity contribution in [1.82, 2.24) is 20.1 Å². The molecule has 0 bridgehead atoms. The van der Waals surface area contributed by atoms with E-state index < -0.39 is 0 Å². The zero-order valence-electron chi connectivity index (χ0n) is 13.7. The fourth-order valence-corrected chi connectivity index (χ4v) is 3.03. The number of carbonyl (C=O) groups excluding carboxylic acids is 1. The van der Waals surface area contributed by atoms with Crippen molar-refractivity contribution in [2.75, 3.05) is 13.1 Å². The maximum Gasteiger partial charge on any atom is 0.254 e.